The first kappa shape index (κ1) is 21.8. The summed E-state index contributed by atoms with van der Waals surface area (Å²) in [5.74, 6) is -1.06. The second kappa shape index (κ2) is 8.88. The lowest BCUT2D eigenvalue weighted by molar-refractivity contribution is -0.113. The van der Waals surface area contributed by atoms with Gasteiger partial charge < -0.3 is 19.9 Å². The number of carbonyl (C=O) groups is 3. The van der Waals surface area contributed by atoms with Gasteiger partial charge in [0, 0.05) is 14.1 Å². The first-order valence-electron chi connectivity index (χ1n) is 9.03. The highest BCUT2D eigenvalue weighted by molar-refractivity contribution is 7.99. The van der Waals surface area contributed by atoms with Gasteiger partial charge in [-0.05, 0) is 37.1 Å². The van der Waals surface area contributed by atoms with Crippen LogP contribution in [0.15, 0.2) is 23.4 Å². The lowest BCUT2D eigenvalue weighted by Gasteiger charge is -2.08. The predicted molar refractivity (Wildman–Crippen MR) is 119 cm³/mol. The highest BCUT2D eigenvalue weighted by Gasteiger charge is 2.27. The van der Waals surface area contributed by atoms with Crippen molar-refractivity contribution in [2.24, 2.45) is 0 Å². The Kier molecular flexibility index (Phi) is 6.47. The van der Waals surface area contributed by atoms with E-state index in [-0.39, 0.29) is 23.1 Å². The Morgan fingerprint density at radius 3 is 2.67 bits per heavy atom. The fourth-order valence-corrected chi connectivity index (χ4v) is 4.74. The highest BCUT2D eigenvalue weighted by Crippen LogP contribution is 2.34. The van der Waals surface area contributed by atoms with Crippen molar-refractivity contribution in [1.82, 2.24) is 14.9 Å². The molecule has 30 heavy (non-hydrogen) atoms. The molecule has 8 nitrogen and oxygen atoms in total. The molecule has 3 rings (SSSR count). The number of hydrogen-bond acceptors (Lipinski definition) is 7. The molecule has 0 unspecified atom stereocenters. The van der Waals surface area contributed by atoms with Crippen LogP contribution in [0.1, 0.15) is 31.2 Å². The molecule has 2 amide bonds. The van der Waals surface area contributed by atoms with Crippen LogP contribution in [0, 0.1) is 13.8 Å². The maximum Gasteiger partial charge on any atom is 0.341 e. The van der Waals surface area contributed by atoms with Crippen LogP contribution in [0.2, 0.25) is 0 Å². The number of H-pyrrole nitrogens is 1. The quantitative estimate of drug-likeness (QED) is 0.444. The van der Waals surface area contributed by atoms with Crippen molar-refractivity contribution in [1.29, 1.82) is 0 Å². The number of thioether (sulfide) groups is 1. The zero-order chi connectivity index (χ0) is 22.0. The van der Waals surface area contributed by atoms with E-state index in [1.54, 1.807) is 21.0 Å². The summed E-state index contributed by atoms with van der Waals surface area (Å²) in [6.45, 7) is 3.66. The Morgan fingerprint density at radius 2 is 2.00 bits per heavy atom. The summed E-state index contributed by atoms with van der Waals surface area (Å²) in [5.41, 5.74) is 3.54. The number of fused-ring (bicyclic) bond motifs is 1. The number of rotatable bonds is 6. The number of nitrogens with one attached hydrogen (secondary N) is 2. The van der Waals surface area contributed by atoms with Crippen LogP contribution in [0.5, 0.6) is 0 Å². The molecule has 0 spiro atoms. The number of imidazole rings is 1. The average Bonchev–Trinajstić information content (AvgIpc) is 3.25. The summed E-state index contributed by atoms with van der Waals surface area (Å²) in [6.07, 6.45) is 0. The number of ether oxygens (including phenoxy) is 1. The lowest BCUT2D eigenvalue weighted by Crippen LogP contribution is -2.21. The fraction of sp³-hybridized carbons (Fsp3) is 0.300. The molecule has 0 aliphatic rings. The molecule has 0 saturated heterocycles. The van der Waals surface area contributed by atoms with Crippen LogP contribution < -0.4 is 5.32 Å². The normalized spacial score (nSPS) is 10.8. The van der Waals surface area contributed by atoms with E-state index >= 15 is 0 Å². The molecule has 2 heterocycles. The molecule has 158 valence electrons. The third kappa shape index (κ3) is 4.49. The zero-order valence-electron chi connectivity index (χ0n) is 17.3. The van der Waals surface area contributed by atoms with Crippen LogP contribution in [-0.4, -0.2) is 59.6 Å². The number of benzene rings is 1. The van der Waals surface area contributed by atoms with Gasteiger partial charge in [0.05, 0.1) is 34.3 Å². The number of anilines is 1. The molecule has 0 radical (unpaired) electrons. The molecular weight excluding hydrogens is 424 g/mol. The molecular formula is C20H22N4O4S2. The van der Waals surface area contributed by atoms with E-state index in [9.17, 15) is 14.4 Å². The fourth-order valence-electron chi connectivity index (χ4n) is 2.82. The Balaban J connectivity index is 1.76. The summed E-state index contributed by atoms with van der Waals surface area (Å²) >= 11 is 2.32. The summed E-state index contributed by atoms with van der Waals surface area (Å²) in [6, 6.07) is 5.89. The van der Waals surface area contributed by atoms with Crippen LogP contribution in [0.25, 0.3) is 11.0 Å². The van der Waals surface area contributed by atoms with E-state index in [2.05, 4.69) is 15.3 Å². The smallest absolute Gasteiger partial charge is 0.341 e. The molecule has 0 bridgehead atoms. The molecule has 0 saturated carbocycles. The maximum atomic E-state index is 12.5. The van der Waals surface area contributed by atoms with Crippen molar-refractivity contribution in [2.45, 2.75) is 19.0 Å². The molecule has 3 aromatic rings. The summed E-state index contributed by atoms with van der Waals surface area (Å²) in [4.78, 5) is 46.6. The van der Waals surface area contributed by atoms with E-state index in [4.69, 9.17) is 4.74 Å². The van der Waals surface area contributed by atoms with Crippen molar-refractivity contribution in [3.8, 4) is 0 Å². The van der Waals surface area contributed by atoms with Gasteiger partial charge in [-0.1, -0.05) is 17.8 Å². The van der Waals surface area contributed by atoms with Gasteiger partial charge in [-0.2, -0.15) is 0 Å². The first-order valence-corrected chi connectivity index (χ1v) is 10.8. The minimum atomic E-state index is -0.600. The number of esters is 1. The lowest BCUT2D eigenvalue weighted by atomic mass is 10.1. The van der Waals surface area contributed by atoms with Gasteiger partial charge in [0.1, 0.15) is 5.00 Å². The number of amides is 2. The van der Waals surface area contributed by atoms with Crippen molar-refractivity contribution < 1.29 is 19.1 Å². The van der Waals surface area contributed by atoms with Crippen LogP contribution >= 0.6 is 23.1 Å². The minimum Gasteiger partial charge on any atom is -0.465 e. The molecule has 10 heteroatoms. The van der Waals surface area contributed by atoms with E-state index in [0.717, 1.165) is 27.9 Å². The monoisotopic (exact) mass is 446 g/mol. The van der Waals surface area contributed by atoms with E-state index < -0.39 is 5.97 Å². The molecule has 1 aromatic carbocycles. The van der Waals surface area contributed by atoms with Gasteiger partial charge in [0.2, 0.25) is 5.91 Å². The molecule has 0 aliphatic heterocycles. The molecule has 0 atom stereocenters. The Labute approximate surface area is 182 Å². The molecule has 2 aromatic heterocycles. The third-order valence-corrected chi connectivity index (χ3v) is 6.41. The van der Waals surface area contributed by atoms with Crippen molar-refractivity contribution in [3.63, 3.8) is 0 Å². The maximum absolute atomic E-state index is 12.5. The van der Waals surface area contributed by atoms with Crippen molar-refractivity contribution in [2.75, 3.05) is 32.3 Å². The van der Waals surface area contributed by atoms with Crippen LogP contribution in [0.3, 0.4) is 0 Å². The number of hydrogen-bond donors (Lipinski definition) is 2. The minimum absolute atomic E-state index is 0.0906. The van der Waals surface area contributed by atoms with Gasteiger partial charge in [-0.15, -0.1) is 11.3 Å². The molecule has 0 aliphatic carbocycles. The van der Waals surface area contributed by atoms with Gasteiger partial charge in [0.25, 0.3) is 5.91 Å². The van der Waals surface area contributed by atoms with E-state index in [1.807, 2.05) is 25.1 Å². The number of nitrogens with zero attached hydrogens (tertiary/aromatic N) is 2. The second-order valence-electron chi connectivity index (χ2n) is 6.85. The first-order chi connectivity index (χ1) is 14.2. The number of aryl methyl sites for hydroxylation is 1. The number of aromatic amines is 1. The largest absolute Gasteiger partial charge is 0.465 e. The SMILES string of the molecule is COC(=O)c1c(NC(=O)CSc2nc3ccc(C)cc3[nH]2)sc(C(=O)N(C)C)c1C. The van der Waals surface area contributed by atoms with Gasteiger partial charge in [0.15, 0.2) is 5.16 Å². The Morgan fingerprint density at radius 1 is 1.27 bits per heavy atom. The predicted octanol–water partition coefficient (Wildman–Crippen LogP) is 3.46. The second-order valence-corrected chi connectivity index (χ2v) is 8.84. The molecule has 2 N–H and O–H groups in total. The topological polar surface area (TPSA) is 104 Å². The van der Waals surface area contributed by atoms with Gasteiger partial charge in [-0.3, -0.25) is 9.59 Å². The van der Waals surface area contributed by atoms with Crippen LogP contribution in [-0.2, 0) is 9.53 Å². The number of methoxy groups -OCH3 is 1. The zero-order valence-corrected chi connectivity index (χ0v) is 18.9. The Hall–Kier alpha value is -2.85. The summed E-state index contributed by atoms with van der Waals surface area (Å²) in [7, 11) is 4.52. The van der Waals surface area contributed by atoms with E-state index in [1.165, 1.54) is 23.8 Å². The standard InChI is InChI=1S/C20H22N4O4S2/c1-10-6-7-12-13(8-10)22-20(21-12)29-9-14(25)23-17-15(19(27)28-5)11(2)16(30-17)18(26)24(3)4/h6-8H,9H2,1-5H3,(H,21,22)(H,23,25). The molecule has 0 fully saturated rings. The third-order valence-electron chi connectivity index (χ3n) is 4.35. The van der Waals surface area contributed by atoms with Crippen LogP contribution in [0.4, 0.5) is 5.00 Å². The Bertz CT molecular complexity index is 1130. The average molecular weight is 447 g/mol. The van der Waals surface area contributed by atoms with Gasteiger partial charge in [-0.25, -0.2) is 9.78 Å². The van der Waals surface area contributed by atoms with Crippen molar-refractivity contribution in [3.05, 3.63) is 39.8 Å². The summed E-state index contributed by atoms with van der Waals surface area (Å²) < 4.78 is 4.84. The van der Waals surface area contributed by atoms with E-state index in [0.29, 0.717) is 20.6 Å². The summed E-state index contributed by atoms with van der Waals surface area (Å²) in [5, 5.41) is 3.67. The number of carbonyl (C=O) groups excluding carboxylic acids is 3. The van der Waals surface area contributed by atoms with Crippen molar-refractivity contribution >= 4 is 56.9 Å². The number of aromatic nitrogens is 2. The highest BCUT2D eigenvalue weighted by atomic mass is 32.2. The van der Waals surface area contributed by atoms with Gasteiger partial charge >= 0.3 is 5.97 Å². The number of thiophene rings is 1.